The number of halogens is 2. The van der Waals surface area contributed by atoms with Gasteiger partial charge in [0.05, 0.1) is 24.2 Å². The molecular formula is C18H24ClFN2O2. The second-order valence-corrected chi connectivity index (χ2v) is 7.47. The number of amides is 1. The molecule has 1 aromatic rings. The largest absolute Gasteiger partial charge is 0.377 e. The highest BCUT2D eigenvalue weighted by atomic mass is 35.5. The number of hydrogen-bond acceptors (Lipinski definition) is 3. The Labute approximate surface area is 147 Å². The van der Waals surface area contributed by atoms with Gasteiger partial charge < -0.3 is 9.64 Å². The first-order valence-corrected chi connectivity index (χ1v) is 8.80. The lowest BCUT2D eigenvalue weighted by atomic mass is 9.83. The topological polar surface area (TPSA) is 32.8 Å². The standard InChI is InChI=1S/C18H24ClFN2O2/c1-21(2)18(23)8-17-14-5-6-22(10-13(14)11-24-17)9-12-3-4-15(19)16(20)7-12/h3-4,7,13-14,17H,5-6,8-11H2,1-2H3/t13-,14-,17-/m0/s1. The summed E-state index contributed by atoms with van der Waals surface area (Å²) < 4.78 is 19.5. The van der Waals surface area contributed by atoms with Crippen LogP contribution in [0.25, 0.3) is 0 Å². The van der Waals surface area contributed by atoms with Crippen LogP contribution in [0, 0.1) is 17.7 Å². The lowest BCUT2D eigenvalue weighted by Gasteiger charge is -2.35. The Morgan fingerprint density at radius 3 is 2.96 bits per heavy atom. The maximum atomic E-state index is 13.6. The van der Waals surface area contributed by atoms with Crippen LogP contribution in [0.1, 0.15) is 18.4 Å². The Bertz CT molecular complexity index is 611. The van der Waals surface area contributed by atoms with Gasteiger partial charge in [-0.2, -0.15) is 0 Å². The van der Waals surface area contributed by atoms with Gasteiger partial charge in [-0.25, -0.2) is 4.39 Å². The molecule has 4 nitrogen and oxygen atoms in total. The Kier molecular flexibility index (Phi) is 5.42. The lowest BCUT2D eigenvalue weighted by molar-refractivity contribution is -0.131. The molecule has 132 valence electrons. The van der Waals surface area contributed by atoms with Gasteiger partial charge in [-0.15, -0.1) is 0 Å². The molecule has 0 saturated carbocycles. The molecular weight excluding hydrogens is 331 g/mol. The van der Waals surface area contributed by atoms with Gasteiger partial charge in [-0.1, -0.05) is 17.7 Å². The van der Waals surface area contributed by atoms with E-state index in [-0.39, 0.29) is 22.9 Å². The van der Waals surface area contributed by atoms with E-state index in [2.05, 4.69) is 4.90 Å². The smallest absolute Gasteiger partial charge is 0.224 e. The van der Waals surface area contributed by atoms with E-state index < -0.39 is 0 Å². The molecule has 0 spiro atoms. The molecule has 0 radical (unpaired) electrons. The Morgan fingerprint density at radius 2 is 2.25 bits per heavy atom. The van der Waals surface area contributed by atoms with Crippen molar-refractivity contribution in [1.82, 2.24) is 9.80 Å². The highest BCUT2D eigenvalue weighted by Gasteiger charge is 2.41. The third-order valence-corrected chi connectivity index (χ3v) is 5.45. The average molecular weight is 355 g/mol. The molecule has 3 atom stereocenters. The first kappa shape index (κ1) is 17.6. The third kappa shape index (κ3) is 3.90. The zero-order valence-corrected chi connectivity index (χ0v) is 14.9. The molecule has 1 amide bonds. The van der Waals surface area contributed by atoms with Crippen molar-refractivity contribution in [3.63, 3.8) is 0 Å². The Morgan fingerprint density at radius 1 is 1.46 bits per heavy atom. The molecule has 1 aromatic carbocycles. The molecule has 2 saturated heterocycles. The number of nitrogens with zero attached hydrogens (tertiary/aromatic N) is 2. The summed E-state index contributed by atoms with van der Waals surface area (Å²) in [6.07, 6.45) is 1.53. The van der Waals surface area contributed by atoms with Crippen LogP contribution >= 0.6 is 11.6 Å². The molecule has 0 unspecified atom stereocenters. The number of ether oxygens (including phenoxy) is 1. The Hall–Kier alpha value is -1.17. The van der Waals surface area contributed by atoms with Gasteiger partial charge in [0.25, 0.3) is 0 Å². The highest BCUT2D eigenvalue weighted by Crippen LogP contribution is 2.36. The summed E-state index contributed by atoms with van der Waals surface area (Å²) in [5.41, 5.74) is 0.939. The number of hydrogen-bond donors (Lipinski definition) is 0. The molecule has 24 heavy (non-hydrogen) atoms. The van der Waals surface area contributed by atoms with E-state index >= 15 is 0 Å². The predicted molar refractivity (Wildman–Crippen MR) is 91.3 cm³/mol. The maximum Gasteiger partial charge on any atom is 0.224 e. The van der Waals surface area contributed by atoms with Crippen molar-refractivity contribution in [1.29, 1.82) is 0 Å². The molecule has 2 heterocycles. The number of fused-ring (bicyclic) bond motifs is 1. The van der Waals surface area contributed by atoms with Gasteiger partial charge >= 0.3 is 0 Å². The number of likely N-dealkylation sites (tertiary alicyclic amines) is 1. The summed E-state index contributed by atoms with van der Waals surface area (Å²) in [4.78, 5) is 15.9. The van der Waals surface area contributed by atoms with Crippen LogP contribution < -0.4 is 0 Å². The fraction of sp³-hybridized carbons (Fsp3) is 0.611. The van der Waals surface area contributed by atoms with E-state index in [1.807, 2.05) is 6.07 Å². The second kappa shape index (κ2) is 7.38. The fourth-order valence-corrected chi connectivity index (χ4v) is 3.88. The van der Waals surface area contributed by atoms with Crippen LogP contribution in [0.4, 0.5) is 4.39 Å². The highest BCUT2D eigenvalue weighted by molar-refractivity contribution is 6.30. The van der Waals surface area contributed by atoms with Gasteiger partial charge in [0.1, 0.15) is 5.82 Å². The molecule has 0 aromatic heterocycles. The minimum absolute atomic E-state index is 0.0417. The quantitative estimate of drug-likeness (QED) is 0.833. The molecule has 3 rings (SSSR count). The van der Waals surface area contributed by atoms with E-state index in [0.717, 1.165) is 31.6 Å². The van der Waals surface area contributed by atoms with E-state index in [1.54, 1.807) is 25.1 Å². The van der Waals surface area contributed by atoms with E-state index in [4.69, 9.17) is 16.3 Å². The number of benzene rings is 1. The van der Waals surface area contributed by atoms with Crippen molar-refractivity contribution in [3.05, 3.63) is 34.6 Å². The summed E-state index contributed by atoms with van der Waals surface area (Å²) in [5.74, 6) is 0.665. The van der Waals surface area contributed by atoms with E-state index in [9.17, 15) is 9.18 Å². The number of piperidine rings is 1. The van der Waals surface area contributed by atoms with Crippen molar-refractivity contribution in [3.8, 4) is 0 Å². The molecule has 0 N–H and O–H groups in total. The van der Waals surface area contributed by atoms with Crippen LogP contribution in [-0.2, 0) is 16.1 Å². The molecule has 0 bridgehead atoms. The first-order chi connectivity index (χ1) is 11.4. The molecule has 2 fully saturated rings. The second-order valence-electron chi connectivity index (χ2n) is 7.06. The van der Waals surface area contributed by atoms with Gasteiger partial charge in [-0.05, 0) is 36.6 Å². The van der Waals surface area contributed by atoms with Crippen molar-refractivity contribution in [2.45, 2.75) is 25.5 Å². The van der Waals surface area contributed by atoms with Crippen molar-refractivity contribution in [2.75, 3.05) is 33.8 Å². The van der Waals surface area contributed by atoms with Gasteiger partial charge in [-0.3, -0.25) is 9.69 Å². The molecule has 6 heteroatoms. The number of rotatable bonds is 4. The van der Waals surface area contributed by atoms with Crippen LogP contribution in [0.15, 0.2) is 18.2 Å². The van der Waals surface area contributed by atoms with Gasteiger partial charge in [0.15, 0.2) is 0 Å². The van der Waals surface area contributed by atoms with Crippen LogP contribution in [0.3, 0.4) is 0 Å². The summed E-state index contributed by atoms with van der Waals surface area (Å²) in [5, 5.41) is 0.162. The minimum atomic E-state index is -0.365. The number of carbonyl (C=O) groups is 1. The van der Waals surface area contributed by atoms with Crippen molar-refractivity contribution in [2.24, 2.45) is 11.8 Å². The van der Waals surface area contributed by atoms with Crippen LogP contribution in [0.2, 0.25) is 5.02 Å². The normalized spacial score (nSPS) is 27.1. The van der Waals surface area contributed by atoms with E-state index in [0.29, 0.717) is 24.9 Å². The maximum absolute atomic E-state index is 13.6. The Balaban J connectivity index is 1.56. The SMILES string of the molecule is CN(C)C(=O)C[C@@H]1OC[C@@H]2CN(Cc3ccc(Cl)c(F)c3)CC[C@@H]21. The van der Waals surface area contributed by atoms with Crippen LogP contribution in [-0.4, -0.2) is 55.6 Å². The monoisotopic (exact) mass is 354 g/mol. The van der Waals surface area contributed by atoms with Gasteiger partial charge in [0.2, 0.25) is 5.91 Å². The molecule has 2 aliphatic heterocycles. The van der Waals surface area contributed by atoms with Crippen LogP contribution in [0.5, 0.6) is 0 Å². The fourth-order valence-electron chi connectivity index (χ4n) is 3.77. The molecule has 0 aliphatic carbocycles. The third-order valence-electron chi connectivity index (χ3n) is 5.14. The summed E-state index contributed by atoms with van der Waals surface area (Å²) >= 11 is 5.74. The molecule has 2 aliphatic rings. The predicted octanol–water partition coefficient (Wildman–Crippen LogP) is 2.79. The summed E-state index contributed by atoms with van der Waals surface area (Å²) in [6.45, 7) is 3.31. The van der Waals surface area contributed by atoms with Crippen molar-refractivity contribution < 1.29 is 13.9 Å². The van der Waals surface area contributed by atoms with E-state index in [1.165, 1.54) is 6.07 Å². The zero-order valence-electron chi connectivity index (χ0n) is 14.2. The van der Waals surface area contributed by atoms with Gasteiger partial charge in [0, 0.05) is 33.1 Å². The van der Waals surface area contributed by atoms with Crippen molar-refractivity contribution >= 4 is 17.5 Å². The lowest BCUT2D eigenvalue weighted by Crippen LogP contribution is -2.41. The summed E-state index contributed by atoms with van der Waals surface area (Å²) in [6, 6.07) is 5.00. The zero-order chi connectivity index (χ0) is 17.3. The number of carbonyl (C=O) groups excluding carboxylic acids is 1. The average Bonchev–Trinajstić information content (AvgIpc) is 2.93. The minimum Gasteiger partial charge on any atom is -0.377 e. The first-order valence-electron chi connectivity index (χ1n) is 8.42. The summed E-state index contributed by atoms with van der Waals surface area (Å²) in [7, 11) is 3.56.